The summed E-state index contributed by atoms with van der Waals surface area (Å²) in [5, 5.41) is 4.32. The van der Waals surface area contributed by atoms with Gasteiger partial charge in [0.2, 0.25) is 21.9 Å². The van der Waals surface area contributed by atoms with Crippen molar-refractivity contribution in [2.75, 3.05) is 37.4 Å². The van der Waals surface area contributed by atoms with E-state index < -0.39 is 10.0 Å². The number of benzene rings is 1. The molecule has 0 amide bonds. The summed E-state index contributed by atoms with van der Waals surface area (Å²) >= 11 is 7.26. The van der Waals surface area contributed by atoms with E-state index in [9.17, 15) is 8.42 Å². The number of hydrogen-bond donors (Lipinski definition) is 2. The average molecular weight is 494 g/mol. The van der Waals surface area contributed by atoms with Gasteiger partial charge in [0.1, 0.15) is 10.7 Å². The zero-order valence-corrected chi connectivity index (χ0v) is 19.2. The van der Waals surface area contributed by atoms with Crippen LogP contribution in [-0.4, -0.2) is 59.0 Å². The molecule has 1 aliphatic heterocycles. The van der Waals surface area contributed by atoms with Gasteiger partial charge >= 0.3 is 0 Å². The van der Waals surface area contributed by atoms with E-state index in [4.69, 9.17) is 22.1 Å². The summed E-state index contributed by atoms with van der Waals surface area (Å²) in [4.78, 5) is 17.1. The second-order valence-electron chi connectivity index (χ2n) is 6.70. The highest BCUT2D eigenvalue weighted by molar-refractivity contribution is 7.98. The molecule has 3 N–H and O–H groups in total. The molecular weight excluding hydrogens is 474 g/mol. The van der Waals surface area contributed by atoms with Crippen LogP contribution in [0.3, 0.4) is 0 Å². The normalized spacial score (nSPS) is 14.9. The van der Waals surface area contributed by atoms with Gasteiger partial charge < -0.3 is 15.8 Å². The third-order valence-electron chi connectivity index (χ3n) is 4.47. The fourth-order valence-electron chi connectivity index (χ4n) is 2.90. The van der Waals surface area contributed by atoms with E-state index >= 15 is 0 Å². The average Bonchev–Trinajstić information content (AvgIpc) is 2.80. The molecule has 0 bridgehead atoms. The number of rotatable bonds is 7. The second-order valence-corrected chi connectivity index (χ2v) is 10.1. The first-order valence-corrected chi connectivity index (χ1v) is 12.4. The van der Waals surface area contributed by atoms with Crippen LogP contribution in [0, 0.1) is 0 Å². The molecule has 0 radical (unpaired) electrons. The maximum Gasteiger partial charge on any atom is 0.244 e. The fraction of sp³-hybridized carbons (Fsp3) is 0.263. The summed E-state index contributed by atoms with van der Waals surface area (Å²) in [5.41, 5.74) is 6.58. The molecule has 13 heteroatoms. The molecule has 2 aromatic heterocycles. The van der Waals surface area contributed by atoms with Crippen molar-refractivity contribution in [2.45, 2.75) is 15.7 Å². The van der Waals surface area contributed by atoms with Gasteiger partial charge in [-0.2, -0.15) is 19.3 Å². The SMILES string of the molecule is Nc1nc(CSc2ccc(S(=O)(=O)N3CCOCC3)cn2)nc(Nc2ccc(Cl)cc2)n1. The summed E-state index contributed by atoms with van der Waals surface area (Å²) in [5.74, 6) is 1.25. The minimum atomic E-state index is -3.57. The molecule has 10 nitrogen and oxygen atoms in total. The minimum Gasteiger partial charge on any atom is -0.379 e. The van der Waals surface area contributed by atoms with Gasteiger partial charge in [0.15, 0.2) is 0 Å². The second kappa shape index (κ2) is 9.96. The number of halogens is 1. The number of aromatic nitrogens is 4. The molecular formula is C19H20ClN7O3S2. The highest BCUT2D eigenvalue weighted by atomic mass is 35.5. The lowest BCUT2D eigenvalue weighted by Crippen LogP contribution is -2.40. The number of nitrogens with one attached hydrogen (secondary N) is 1. The van der Waals surface area contributed by atoms with Crippen molar-refractivity contribution in [3.63, 3.8) is 0 Å². The summed E-state index contributed by atoms with van der Waals surface area (Å²) in [6.07, 6.45) is 1.36. The predicted octanol–water partition coefficient (Wildman–Crippen LogP) is 2.56. The molecule has 0 aliphatic carbocycles. The zero-order valence-electron chi connectivity index (χ0n) is 16.8. The van der Waals surface area contributed by atoms with Gasteiger partial charge in [-0.1, -0.05) is 23.4 Å². The van der Waals surface area contributed by atoms with E-state index in [0.29, 0.717) is 53.9 Å². The van der Waals surface area contributed by atoms with Gasteiger partial charge in [0.05, 0.1) is 24.0 Å². The maximum atomic E-state index is 12.7. The first-order valence-electron chi connectivity index (χ1n) is 9.60. The topological polar surface area (TPSA) is 136 Å². The summed E-state index contributed by atoms with van der Waals surface area (Å²) in [6.45, 7) is 1.47. The number of nitrogens with zero attached hydrogens (tertiary/aromatic N) is 5. The third kappa shape index (κ3) is 5.64. The number of anilines is 3. The lowest BCUT2D eigenvalue weighted by Gasteiger charge is -2.25. The first-order chi connectivity index (χ1) is 15.4. The van der Waals surface area contributed by atoms with Crippen LogP contribution in [0.4, 0.5) is 17.6 Å². The molecule has 3 aromatic rings. The molecule has 0 spiro atoms. The van der Waals surface area contributed by atoms with Gasteiger partial charge in [-0.3, -0.25) is 0 Å². The van der Waals surface area contributed by atoms with Crippen molar-refractivity contribution in [3.05, 3.63) is 53.4 Å². The van der Waals surface area contributed by atoms with Crippen LogP contribution >= 0.6 is 23.4 Å². The molecule has 3 heterocycles. The monoisotopic (exact) mass is 493 g/mol. The van der Waals surface area contributed by atoms with Crippen LogP contribution in [-0.2, 0) is 20.5 Å². The van der Waals surface area contributed by atoms with Crippen molar-refractivity contribution in [3.8, 4) is 0 Å². The Balaban J connectivity index is 1.41. The Morgan fingerprint density at radius 2 is 1.84 bits per heavy atom. The number of nitrogen functional groups attached to an aromatic ring is 1. The molecule has 0 saturated carbocycles. The maximum absolute atomic E-state index is 12.7. The molecule has 1 aromatic carbocycles. The van der Waals surface area contributed by atoms with Crippen LogP contribution in [0.25, 0.3) is 0 Å². The lowest BCUT2D eigenvalue weighted by atomic mass is 10.3. The van der Waals surface area contributed by atoms with Gasteiger partial charge in [-0.25, -0.2) is 13.4 Å². The van der Waals surface area contributed by atoms with Crippen LogP contribution < -0.4 is 11.1 Å². The smallest absolute Gasteiger partial charge is 0.244 e. The highest BCUT2D eigenvalue weighted by Gasteiger charge is 2.26. The van der Waals surface area contributed by atoms with Crippen molar-refractivity contribution in [1.29, 1.82) is 0 Å². The molecule has 1 saturated heterocycles. The third-order valence-corrected chi connectivity index (χ3v) is 7.54. The largest absolute Gasteiger partial charge is 0.379 e. The number of hydrogen-bond acceptors (Lipinski definition) is 10. The van der Waals surface area contributed by atoms with Gasteiger partial charge in [-0.05, 0) is 36.4 Å². The molecule has 4 rings (SSSR count). The molecule has 0 unspecified atom stereocenters. The van der Waals surface area contributed by atoms with E-state index in [0.717, 1.165) is 5.69 Å². The first kappa shape index (κ1) is 22.7. The van der Waals surface area contributed by atoms with Crippen molar-refractivity contribution >= 4 is 51.0 Å². The summed E-state index contributed by atoms with van der Waals surface area (Å²) in [7, 11) is -3.57. The predicted molar refractivity (Wildman–Crippen MR) is 122 cm³/mol. The quantitative estimate of drug-likeness (QED) is 0.472. The number of sulfonamides is 1. The molecule has 0 atom stereocenters. The standard InChI is InChI=1S/C19H20ClN7O3S2/c20-13-1-3-14(4-2-13)23-19-25-16(24-18(21)26-19)12-31-17-6-5-15(11-22-17)32(28,29)27-7-9-30-10-8-27/h1-6,11H,7-10,12H2,(H3,21,23,24,25,26). The Morgan fingerprint density at radius 3 is 2.53 bits per heavy atom. The van der Waals surface area contributed by atoms with Crippen molar-refractivity contribution < 1.29 is 13.2 Å². The van der Waals surface area contributed by atoms with Crippen molar-refractivity contribution in [2.24, 2.45) is 0 Å². The van der Waals surface area contributed by atoms with Crippen LogP contribution in [0.1, 0.15) is 5.82 Å². The Morgan fingerprint density at radius 1 is 1.09 bits per heavy atom. The minimum absolute atomic E-state index is 0.0898. The molecule has 1 aliphatic rings. The van der Waals surface area contributed by atoms with E-state index in [1.165, 1.54) is 22.3 Å². The zero-order chi connectivity index (χ0) is 22.6. The van der Waals surface area contributed by atoms with E-state index in [1.54, 1.807) is 36.4 Å². The van der Waals surface area contributed by atoms with Gasteiger partial charge in [0.25, 0.3) is 0 Å². The molecule has 168 valence electrons. The highest BCUT2D eigenvalue weighted by Crippen LogP contribution is 2.23. The van der Waals surface area contributed by atoms with E-state index in [-0.39, 0.29) is 10.8 Å². The van der Waals surface area contributed by atoms with Crippen LogP contribution in [0.15, 0.2) is 52.5 Å². The Kier molecular flexibility index (Phi) is 7.06. The Bertz CT molecular complexity index is 1170. The Hall–Kier alpha value is -2.51. The molecule has 1 fully saturated rings. The lowest BCUT2D eigenvalue weighted by molar-refractivity contribution is 0.0730. The number of pyridine rings is 1. The van der Waals surface area contributed by atoms with Crippen LogP contribution in [0.5, 0.6) is 0 Å². The van der Waals surface area contributed by atoms with Crippen molar-refractivity contribution in [1.82, 2.24) is 24.2 Å². The Labute approximate surface area is 194 Å². The van der Waals surface area contributed by atoms with E-state index in [1.807, 2.05) is 0 Å². The van der Waals surface area contributed by atoms with Crippen LogP contribution in [0.2, 0.25) is 5.02 Å². The summed E-state index contributed by atoms with van der Waals surface area (Å²) in [6, 6.07) is 10.3. The molecule has 32 heavy (non-hydrogen) atoms. The van der Waals surface area contributed by atoms with Gasteiger partial charge in [-0.15, -0.1) is 0 Å². The summed E-state index contributed by atoms with van der Waals surface area (Å²) < 4.78 is 32.0. The number of morpholine rings is 1. The number of thioether (sulfide) groups is 1. The van der Waals surface area contributed by atoms with E-state index in [2.05, 4.69) is 25.3 Å². The number of nitrogens with two attached hydrogens (primary N) is 1. The van der Waals surface area contributed by atoms with Gasteiger partial charge in [0, 0.05) is 30.0 Å². The number of ether oxygens (including phenoxy) is 1. The fourth-order valence-corrected chi connectivity index (χ4v) is 5.08.